The minimum Gasteiger partial charge on any atom is -0.507 e. The standard InChI is InChI=1S/C14H18BrN3OS/c15-12-8-10(6-7-13(12)19)9-16-18-14(20)17-11-4-2-1-3-5-11/h6-9,11,19H,1-5H2,(H2,17,18,20)/b16-9-. The van der Waals surface area contributed by atoms with E-state index in [0.29, 0.717) is 15.6 Å². The molecule has 0 amide bonds. The topological polar surface area (TPSA) is 56.7 Å². The first kappa shape index (κ1) is 15.3. The molecule has 0 radical (unpaired) electrons. The first-order valence-corrected chi connectivity index (χ1v) is 7.93. The maximum atomic E-state index is 9.40. The summed E-state index contributed by atoms with van der Waals surface area (Å²) < 4.78 is 0.643. The molecule has 6 heteroatoms. The molecule has 1 aliphatic rings. The highest BCUT2D eigenvalue weighted by Gasteiger charge is 2.13. The van der Waals surface area contributed by atoms with Crippen molar-refractivity contribution in [2.75, 3.05) is 0 Å². The van der Waals surface area contributed by atoms with Crippen molar-refractivity contribution >= 4 is 39.5 Å². The second-order valence-electron chi connectivity index (χ2n) is 4.89. The number of nitrogens with one attached hydrogen (secondary N) is 2. The highest BCUT2D eigenvalue weighted by Crippen LogP contribution is 2.23. The van der Waals surface area contributed by atoms with Crippen LogP contribution >= 0.6 is 28.1 Å². The van der Waals surface area contributed by atoms with Crippen molar-refractivity contribution in [2.24, 2.45) is 5.10 Å². The average Bonchev–Trinajstić information content (AvgIpc) is 2.44. The summed E-state index contributed by atoms with van der Waals surface area (Å²) in [5.41, 5.74) is 3.70. The largest absolute Gasteiger partial charge is 0.507 e. The number of aromatic hydroxyl groups is 1. The van der Waals surface area contributed by atoms with Crippen LogP contribution in [0.4, 0.5) is 0 Å². The summed E-state index contributed by atoms with van der Waals surface area (Å²) in [4.78, 5) is 0. The van der Waals surface area contributed by atoms with Crippen molar-refractivity contribution in [3.05, 3.63) is 28.2 Å². The number of halogens is 1. The summed E-state index contributed by atoms with van der Waals surface area (Å²) in [6.07, 6.45) is 7.88. The molecule has 20 heavy (non-hydrogen) atoms. The summed E-state index contributed by atoms with van der Waals surface area (Å²) in [7, 11) is 0. The Morgan fingerprint density at radius 1 is 1.35 bits per heavy atom. The quantitative estimate of drug-likeness (QED) is 0.442. The van der Waals surface area contributed by atoms with Crippen LogP contribution in [-0.4, -0.2) is 22.5 Å². The zero-order valence-corrected chi connectivity index (χ0v) is 13.5. The third-order valence-electron chi connectivity index (χ3n) is 3.29. The molecule has 4 nitrogen and oxygen atoms in total. The van der Waals surface area contributed by atoms with Gasteiger partial charge in [-0.1, -0.05) is 19.3 Å². The van der Waals surface area contributed by atoms with E-state index in [2.05, 4.69) is 31.8 Å². The van der Waals surface area contributed by atoms with Crippen LogP contribution in [0.25, 0.3) is 0 Å². The van der Waals surface area contributed by atoms with E-state index >= 15 is 0 Å². The van der Waals surface area contributed by atoms with Crippen LogP contribution in [0.2, 0.25) is 0 Å². The van der Waals surface area contributed by atoms with Gasteiger partial charge >= 0.3 is 0 Å². The lowest BCUT2D eigenvalue weighted by atomic mass is 9.96. The molecule has 1 aliphatic carbocycles. The lowest BCUT2D eigenvalue weighted by molar-refractivity contribution is 0.412. The van der Waals surface area contributed by atoms with Crippen LogP contribution in [0.5, 0.6) is 5.75 Å². The van der Waals surface area contributed by atoms with E-state index < -0.39 is 0 Å². The van der Waals surface area contributed by atoms with Gasteiger partial charge in [-0.05, 0) is 64.8 Å². The van der Waals surface area contributed by atoms with E-state index in [1.165, 1.54) is 32.1 Å². The molecular weight excluding hydrogens is 338 g/mol. The van der Waals surface area contributed by atoms with Crippen LogP contribution in [0, 0.1) is 0 Å². The van der Waals surface area contributed by atoms with Crippen molar-refractivity contribution in [1.29, 1.82) is 0 Å². The highest BCUT2D eigenvalue weighted by atomic mass is 79.9. The Balaban J connectivity index is 1.79. The average molecular weight is 356 g/mol. The van der Waals surface area contributed by atoms with Gasteiger partial charge in [0.2, 0.25) is 0 Å². The number of rotatable bonds is 3. The molecule has 1 aromatic rings. The smallest absolute Gasteiger partial charge is 0.187 e. The molecule has 0 bridgehead atoms. The van der Waals surface area contributed by atoms with Crippen molar-refractivity contribution in [3.63, 3.8) is 0 Å². The molecule has 0 aliphatic heterocycles. The third kappa shape index (κ3) is 4.76. The number of phenols is 1. The second kappa shape index (κ2) is 7.59. The number of hydrogen-bond donors (Lipinski definition) is 3. The summed E-state index contributed by atoms with van der Waals surface area (Å²) in [5.74, 6) is 0.213. The van der Waals surface area contributed by atoms with Crippen LogP contribution < -0.4 is 10.7 Å². The van der Waals surface area contributed by atoms with Gasteiger partial charge in [-0.15, -0.1) is 0 Å². The molecule has 1 aromatic carbocycles. The maximum absolute atomic E-state index is 9.40. The molecule has 1 fully saturated rings. The van der Waals surface area contributed by atoms with Crippen LogP contribution in [0.3, 0.4) is 0 Å². The number of thiocarbonyl (C=S) groups is 1. The van der Waals surface area contributed by atoms with Crippen LogP contribution in [-0.2, 0) is 0 Å². The second-order valence-corrected chi connectivity index (χ2v) is 6.15. The van der Waals surface area contributed by atoms with Gasteiger partial charge < -0.3 is 10.4 Å². The molecule has 0 atom stereocenters. The van der Waals surface area contributed by atoms with E-state index in [0.717, 1.165) is 5.56 Å². The van der Waals surface area contributed by atoms with Gasteiger partial charge in [0.25, 0.3) is 0 Å². The lowest BCUT2D eigenvalue weighted by Crippen LogP contribution is -2.40. The Morgan fingerprint density at radius 2 is 2.10 bits per heavy atom. The van der Waals surface area contributed by atoms with E-state index in [4.69, 9.17) is 12.2 Å². The third-order valence-corrected chi connectivity index (χ3v) is 4.14. The van der Waals surface area contributed by atoms with Gasteiger partial charge in [-0.25, -0.2) is 0 Å². The molecule has 0 unspecified atom stereocenters. The molecule has 2 rings (SSSR count). The number of hydrogen-bond acceptors (Lipinski definition) is 3. The van der Waals surface area contributed by atoms with Crippen molar-refractivity contribution in [2.45, 2.75) is 38.1 Å². The van der Waals surface area contributed by atoms with E-state index in [1.807, 2.05) is 0 Å². The van der Waals surface area contributed by atoms with Crippen molar-refractivity contribution < 1.29 is 5.11 Å². The Hall–Kier alpha value is -1.14. The van der Waals surface area contributed by atoms with Crippen molar-refractivity contribution in [3.8, 4) is 5.75 Å². The molecular formula is C14H18BrN3OS. The number of hydrazone groups is 1. The fraction of sp³-hybridized carbons (Fsp3) is 0.429. The Labute approximate surface area is 132 Å². The molecule has 0 saturated heterocycles. The zero-order chi connectivity index (χ0) is 14.4. The van der Waals surface area contributed by atoms with Gasteiger partial charge in [0.1, 0.15) is 5.75 Å². The molecule has 108 valence electrons. The van der Waals surface area contributed by atoms with Gasteiger partial charge in [0.05, 0.1) is 10.7 Å². The summed E-state index contributed by atoms with van der Waals surface area (Å²) in [5, 5.41) is 17.3. The minimum atomic E-state index is 0.213. The van der Waals surface area contributed by atoms with Crippen LogP contribution in [0.15, 0.2) is 27.8 Å². The number of nitrogens with zero attached hydrogens (tertiary/aromatic N) is 1. The predicted molar refractivity (Wildman–Crippen MR) is 89.1 cm³/mol. The van der Waals surface area contributed by atoms with E-state index in [-0.39, 0.29) is 5.75 Å². The van der Waals surface area contributed by atoms with Gasteiger partial charge in [0.15, 0.2) is 5.11 Å². The number of benzene rings is 1. The maximum Gasteiger partial charge on any atom is 0.187 e. The monoisotopic (exact) mass is 355 g/mol. The van der Waals surface area contributed by atoms with Gasteiger partial charge in [-0.2, -0.15) is 5.10 Å². The fourth-order valence-corrected chi connectivity index (χ4v) is 2.85. The molecule has 0 heterocycles. The van der Waals surface area contributed by atoms with Crippen molar-refractivity contribution in [1.82, 2.24) is 10.7 Å². The summed E-state index contributed by atoms with van der Waals surface area (Å²) in [6, 6.07) is 5.66. The first-order chi connectivity index (χ1) is 9.65. The molecule has 0 spiro atoms. The van der Waals surface area contributed by atoms with Gasteiger partial charge in [-0.3, -0.25) is 5.43 Å². The van der Waals surface area contributed by atoms with Gasteiger partial charge in [0, 0.05) is 6.04 Å². The Bertz CT molecular complexity index is 501. The van der Waals surface area contributed by atoms with E-state index in [1.54, 1.807) is 24.4 Å². The minimum absolute atomic E-state index is 0.213. The van der Waals surface area contributed by atoms with E-state index in [9.17, 15) is 5.11 Å². The highest BCUT2D eigenvalue weighted by molar-refractivity contribution is 9.10. The fourth-order valence-electron chi connectivity index (χ4n) is 2.23. The van der Waals surface area contributed by atoms with Crippen LogP contribution in [0.1, 0.15) is 37.7 Å². The lowest BCUT2D eigenvalue weighted by Gasteiger charge is -2.23. The number of phenolic OH excluding ortho intramolecular Hbond substituents is 1. The first-order valence-electron chi connectivity index (χ1n) is 6.73. The Morgan fingerprint density at radius 3 is 2.80 bits per heavy atom. The zero-order valence-electron chi connectivity index (χ0n) is 11.1. The summed E-state index contributed by atoms with van der Waals surface area (Å²) >= 11 is 8.47. The molecule has 0 aromatic heterocycles. The normalized spacial score (nSPS) is 16.2. The predicted octanol–water partition coefficient (Wildman–Crippen LogP) is 3.29. The SMILES string of the molecule is Oc1ccc(/C=N\NC(=S)NC2CCCCC2)cc1Br. The molecule has 3 N–H and O–H groups in total. The molecule has 1 saturated carbocycles. The Kier molecular flexibility index (Phi) is 5.79. The summed E-state index contributed by atoms with van der Waals surface area (Å²) in [6.45, 7) is 0.